The number of carbonyl (C=O) groups is 1. The monoisotopic (exact) mass is 230 g/mol. The Morgan fingerprint density at radius 1 is 1.50 bits per heavy atom. The minimum atomic E-state index is -0.238. The average molecular weight is 230 g/mol. The molecule has 1 heterocycles. The van der Waals surface area contributed by atoms with E-state index in [1.54, 1.807) is 7.05 Å². The summed E-state index contributed by atoms with van der Waals surface area (Å²) in [4.78, 5) is 13.8. The molecule has 1 aliphatic rings. The predicted octanol–water partition coefficient (Wildman–Crippen LogP) is -0.140. The molecule has 0 bridgehead atoms. The van der Waals surface area contributed by atoms with Gasteiger partial charge in [-0.05, 0) is 20.4 Å². The molecule has 0 amide bonds. The molecule has 0 aromatic carbocycles. The van der Waals surface area contributed by atoms with Gasteiger partial charge >= 0.3 is 5.97 Å². The quantitative estimate of drug-likeness (QED) is 0.666. The second-order valence-electron chi connectivity index (χ2n) is 3.86. The van der Waals surface area contributed by atoms with Crippen molar-refractivity contribution in [3.63, 3.8) is 0 Å². The van der Waals surface area contributed by atoms with Crippen LogP contribution < -0.4 is 5.32 Å². The Labute approximate surface area is 97.1 Å². The van der Waals surface area contributed by atoms with Gasteiger partial charge in [0.1, 0.15) is 6.04 Å². The zero-order chi connectivity index (χ0) is 11.8. The van der Waals surface area contributed by atoms with Gasteiger partial charge in [-0.3, -0.25) is 9.69 Å². The molecule has 16 heavy (non-hydrogen) atoms. The molecule has 0 saturated carbocycles. The molecular formula is C11H22N2O3. The van der Waals surface area contributed by atoms with Gasteiger partial charge in [-0.15, -0.1) is 0 Å². The first-order valence-electron chi connectivity index (χ1n) is 5.92. The number of nitrogens with zero attached hydrogens (tertiary/aromatic N) is 1. The molecule has 94 valence electrons. The lowest BCUT2D eigenvalue weighted by Crippen LogP contribution is -2.46. The highest BCUT2D eigenvalue weighted by atomic mass is 16.5. The second kappa shape index (κ2) is 7.60. The van der Waals surface area contributed by atoms with Crippen LogP contribution in [0.1, 0.15) is 13.3 Å². The summed E-state index contributed by atoms with van der Waals surface area (Å²) in [7, 11) is 1.79. The number of carbonyl (C=O) groups excluding carboxylic acids is 1. The molecule has 0 radical (unpaired) electrons. The maximum Gasteiger partial charge on any atom is 0.324 e. The molecule has 1 unspecified atom stereocenters. The summed E-state index contributed by atoms with van der Waals surface area (Å²) in [6.07, 6.45) is 1.03. The van der Waals surface area contributed by atoms with E-state index in [9.17, 15) is 4.79 Å². The van der Waals surface area contributed by atoms with Crippen LogP contribution in [0.2, 0.25) is 0 Å². The topological polar surface area (TPSA) is 50.8 Å². The SMILES string of the molecule is CCOC(=O)C(CN1CCCOCC1)NC. The van der Waals surface area contributed by atoms with E-state index in [2.05, 4.69) is 10.2 Å². The Morgan fingerprint density at radius 3 is 3.00 bits per heavy atom. The van der Waals surface area contributed by atoms with Crippen LogP contribution in [0.25, 0.3) is 0 Å². The Balaban J connectivity index is 2.38. The third kappa shape index (κ3) is 4.47. The van der Waals surface area contributed by atoms with Crippen molar-refractivity contribution in [2.75, 3.05) is 46.5 Å². The molecule has 1 aliphatic heterocycles. The van der Waals surface area contributed by atoms with Crippen LogP contribution in [0, 0.1) is 0 Å². The van der Waals surface area contributed by atoms with Crippen molar-refractivity contribution in [2.45, 2.75) is 19.4 Å². The smallest absolute Gasteiger partial charge is 0.324 e. The molecule has 1 rings (SSSR count). The number of ether oxygens (including phenoxy) is 2. The predicted molar refractivity (Wildman–Crippen MR) is 61.4 cm³/mol. The van der Waals surface area contributed by atoms with Crippen molar-refractivity contribution in [3.8, 4) is 0 Å². The number of hydrogen-bond acceptors (Lipinski definition) is 5. The number of esters is 1. The number of likely N-dealkylation sites (N-methyl/N-ethyl adjacent to an activating group) is 1. The minimum Gasteiger partial charge on any atom is -0.465 e. The van der Waals surface area contributed by atoms with Gasteiger partial charge < -0.3 is 14.8 Å². The first-order valence-corrected chi connectivity index (χ1v) is 5.92. The number of nitrogens with one attached hydrogen (secondary N) is 1. The fraction of sp³-hybridized carbons (Fsp3) is 0.909. The summed E-state index contributed by atoms with van der Waals surface area (Å²) in [5.74, 6) is -0.171. The molecule has 0 aromatic heterocycles. The standard InChI is InChI=1S/C11H22N2O3/c1-3-16-11(14)10(12-2)9-13-5-4-7-15-8-6-13/h10,12H,3-9H2,1-2H3. The van der Waals surface area contributed by atoms with Gasteiger partial charge in [0.15, 0.2) is 0 Å². The van der Waals surface area contributed by atoms with Crippen molar-refractivity contribution in [2.24, 2.45) is 0 Å². The fourth-order valence-electron chi connectivity index (χ4n) is 1.77. The van der Waals surface area contributed by atoms with E-state index < -0.39 is 0 Å². The lowest BCUT2D eigenvalue weighted by atomic mass is 10.2. The Kier molecular flexibility index (Phi) is 6.37. The van der Waals surface area contributed by atoms with Crippen LogP contribution in [0.5, 0.6) is 0 Å². The van der Waals surface area contributed by atoms with Crippen molar-refractivity contribution in [1.29, 1.82) is 0 Å². The van der Waals surface area contributed by atoms with E-state index in [-0.39, 0.29) is 12.0 Å². The first-order chi connectivity index (χ1) is 7.77. The molecule has 1 fully saturated rings. The van der Waals surface area contributed by atoms with Gasteiger partial charge in [-0.1, -0.05) is 0 Å². The summed E-state index contributed by atoms with van der Waals surface area (Å²) < 4.78 is 10.4. The Morgan fingerprint density at radius 2 is 2.31 bits per heavy atom. The van der Waals surface area contributed by atoms with E-state index in [1.807, 2.05) is 6.92 Å². The van der Waals surface area contributed by atoms with Crippen LogP contribution in [0.15, 0.2) is 0 Å². The molecule has 1 N–H and O–H groups in total. The third-order valence-electron chi connectivity index (χ3n) is 2.68. The average Bonchev–Trinajstić information content (AvgIpc) is 2.54. The van der Waals surface area contributed by atoms with E-state index in [1.165, 1.54) is 0 Å². The molecule has 5 heteroatoms. The van der Waals surface area contributed by atoms with E-state index >= 15 is 0 Å². The van der Waals surface area contributed by atoms with E-state index in [0.29, 0.717) is 13.2 Å². The van der Waals surface area contributed by atoms with Gasteiger partial charge in [-0.2, -0.15) is 0 Å². The highest BCUT2D eigenvalue weighted by Gasteiger charge is 2.21. The van der Waals surface area contributed by atoms with Gasteiger partial charge in [-0.25, -0.2) is 0 Å². The highest BCUT2D eigenvalue weighted by molar-refractivity contribution is 5.76. The molecule has 1 atom stereocenters. The van der Waals surface area contributed by atoms with Crippen molar-refractivity contribution >= 4 is 5.97 Å². The normalized spacial score (nSPS) is 20.1. The maximum absolute atomic E-state index is 11.6. The highest BCUT2D eigenvalue weighted by Crippen LogP contribution is 2.01. The molecule has 5 nitrogen and oxygen atoms in total. The minimum absolute atomic E-state index is 0.171. The molecular weight excluding hydrogens is 208 g/mol. The van der Waals surface area contributed by atoms with Gasteiger partial charge in [0, 0.05) is 26.2 Å². The summed E-state index contributed by atoms with van der Waals surface area (Å²) in [6.45, 7) is 6.39. The number of rotatable bonds is 5. The van der Waals surface area contributed by atoms with Crippen LogP contribution >= 0.6 is 0 Å². The second-order valence-corrected chi connectivity index (χ2v) is 3.86. The van der Waals surface area contributed by atoms with Crippen LogP contribution in [0.4, 0.5) is 0 Å². The van der Waals surface area contributed by atoms with Gasteiger partial charge in [0.2, 0.25) is 0 Å². The first kappa shape index (κ1) is 13.4. The lowest BCUT2D eigenvalue weighted by Gasteiger charge is -2.24. The van der Waals surface area contributed by atoms with Crippen molar-refractivity contribution in [3.05, 3.63) is 0 Å². The molecule has 0 spiro atoms. The fourth-order valence-corrected chi connectivity index (χ4v) is 1.77. The van der Waals surface area contributed by atoms with Gasteiger partial charge in [0.25, 0.3) is 0 Å². The Hall–Kier alpha value is -0.650. The summed E-state index contributed by atoms with van der Waals surface area (Å²) in [5, 5.41) is 3.00. The summed E-state index contributed by atoms with van der Waals surface area (Å²) >= 11 is 0. The lowest BCUT2D eigenvalue weighted by molar-refractivity contribution is -0.146. The van der Waals surface area contributed by atoms with Crippen molar-refractivity contribution in [1.82, 2.24) is 10.2 Å². The summed E-state index contributed by atoms with van der Waals surface area (Å²) in [5.41, 5.74) is 0. The van der Waals surface area contributed by atoms with Crippen molar-refractivity contribution < 1.29 is 14.3 Å². The zero-order valence-electron chi connectivity index (χ0n) is 10.2. The number of hydrogen-bond donors (Lipinski definition) is 1. The Bertz CT molecular complexity index is 203. The largest absolute Gasteiger partial charge is 0.465 e. The van der Waals surface area contributed by atoms with Gasteiger partial charge in [0.05, 0.1) is 13.2 Å². The molecule has 0 aliphatic carbocycles. The van der Waals surface area contributed by atoms with Crippen LogP contribution in [0.3, 0.4) is 0 Å². The van der Waals surface area contributed by atoms with E-state index in [4.69, 9.17) is 9.47 Å². The summed E-state index contributed by atoms with van der Waals surface area (Å²) in [6, 6.07) is -0.238. The van der Waals surface area contributed by atoms with Crippen LogP contribution in [-0.2, 0) is 14.3 Å². The maximum atomic E-state index is 11.6. The zero-order valence-corrected chi connectivity index (χ0v) is 10.2. The van der Waals surface area contributed by atoms with Crippen LogP contribution in [-0.4, -0.2) is 63.4 Å². The molecule has 0 aromatic rings. The third-order valence-corrected chi connectivity index (χ3v) is 2.68. The van der Waals surface area contributed by atoms with E-state index in [0.717, 1.165) is 32.7 Å². The molecule has 1 saturated heterocycles.